The van der Waals surface area contributed by atoms with E-state index in [-0.39, 0.29) is 17.8 Å². The summed E-state index contributed by atoms with van der Waals surface area (Å²) in [5.41, 5.74) is 1.47. The molecule has 3 heteroatoms. The maximum absolute atomic E-state index is 9.89. The number of aliphatic hydroxyl groups is 1. The molecule has 0 atom stereocenters. The lowest BCUT2D eigenvalue weighted by molar-refractivity contribution is -0.195. The second kappa shape index (κ2) is 6.47. The van der Waals surface area contributed by atoms with Crippen molar-refractivity contribution in [2.45, 2.75) is 50.7 Å². The molecule has 1 aromatic carbocycles. The molecule has 1 saturated heterocycles. The Bertz CT molecular complexity index is 427. The smallest absolute Gasteiger partial charge is 0.168 e. The fourth-order valence-corrected chi connectivity index (χ4v) is 3.75. The van der Waals surface area contributed by atoms with E-state index in [1.54, 1.807) is 0 Å². The SMILES string of the molecule is OCC1(CCCc2ccccc2)CCC2(CC1)OCCO2. The topological polar surface area (TPSA) is 38.7 Å². The van der Waals surface area contributed by atoms with Crippen LogP contribution in [0.25, 0.3) is 0 Å². The summed E-state index contributed by atoms with van der Waals surface area (Å²) in [5, 5.41) is 9.89. The third kappa shape index (κ3) is 3.47. The molecule has 1 saturated carbocycles. The fraction of sp³-hybridized carbons (Fsp3) is 0.667. The predicted octanol–water partition coefficient (Wildman–Crippen LogP) is 3.31. The summed E-state index contributed by atoms with van der Waals surface area (Å²) < 4.78 is 11.6. The van der Waals surface area contributed by atoms with Crippen LogP contribution in [0.5, 0.6) is 0 Å². The van der Waals surface area contributed by atoms with Crippen molar-refractivity contribution in [3.63, 3.8) is 0 Å². The molecule has 0 aromatic heterocycles. The lowest BCUT2D eigenvalue weighted by atomic mass is 9.69. The minimum absolute atomic E-state index is 0.0787. The van der Waals surface area contributed by atoms with Gasteiger partial charge in [-0.2, -0.15) is 0 Å². The monoisotopic (exact) mass is 290 g/mol. The van der Waals surface area contributed by atoms with Crippen LogP contribution in [0.4, 0.5) is 0 Å². The maximum atomic E-state index is 9.89. The Morgan fingerprint density at radius 1 is 0.952 bits per heavy atom. The Morgan fingerprint density at radius 2 is 1.62 bits per heavy atom. The van der Waals surface area contributed by atoms with Crippen molar-refractivity contribution in [2.75, 3.05) is 19.8 Å². The third-order valence-electron chi connectivity index (χ3n) is 5.24. The largest absolute Gasteiger partial charge is 0.396 e. The average Bonchev–Trinajstić information content (AvgIpc) is 3.00. The molecule has 1 aliphatic carbocycles. The van der Waals surface area contributed by atoms with Crippen LogP contribution >= 0.6 is 0 Å². The summed E-state index contributed by atoms with van der Waals surface area (Å²) in [4.78, 5) is 0. The quantitative estimate of drug-likeness (QED) is 0.904. The van der Waals surface area contributed by atoms with E-state index in [0.717, 1.165) is 58.2 Å². The number of aliphatic hydroxyl groups excluding tert-OH is 1. The molecule has 0 unspecified atom stereocenters. The van der Waals surface area contributed by atoms with Crippen molar-refractivity contribution in [3.8, 4) is 0 Å². The van der Waals surface area contributed by atoms with Crippen LogP contribution in [0.2, 0.25) is 0 Å². The van der Waals surface area contributed by atoms with Gasteiger partial charge in [-0.3, -0.25) is 0 Å². The van der Waals surface area contributed by atoms with Crippen molar-refractivity contribution in [1.82, 2.24) is 0 Å². The number of hydrogen-bond donors (Lipinski definition) is 1. The van der Waals surface area contributed by atoms with E-state index < -0.39 is 0 Å². The van der Waals surface area contributed by atoms with Crippen LogP contribution in [0.15, 0.2) is 30.3 Å². The van der Waals surface area contributed by atoms with Gasteiger partial charge in [-0.05, 0) is 43.1 Å². The van der Waals surface area contributed by atoms with Gasteiger partial charge in [0.05, 0.1) is 13.2 Å². The first-order valence-corrected chi connectivity index (χ1v) is 8.19. The molecule has 1 aromatic rings. The second-order valence-electron chi connectivity index (χ2n) is 6.60. The van der Waals surface area contributed by atoms with Crippen LogP contribution in [0, 0.1) is 5.41 Å². The molecular weight excluding hydrogens is 264 g/mol. The van der Waals surface area contributed by atoms with E-state index >= 15 is 0 Å². The molecule has 0 bridgehead atoms. The minimum atomic E-state index is -0.321. The molecule has 2 aliphatic rings. The van der Waals surface area contributed by atoms with Gasteiger partial charge >= 0.3 is 0 Å². The van der Waals surface area contributed by atoms with Gasteiger partial charge in [-0.15, -0.1) is 0 Å². The Balaban J connectivity index is 1.51. The van der Waals surface area contributed by atoms with E-state index in [2.05, 4.69) is 30.3 Å². The van der Waals surface area contributed by atoms with Crippen LogP contribution in [0.1, 0.15) is 44.1 Å². The number of hydrogen-bond acceptors (Lipinski definition) is 3. The van der Waals surface area contributed by atoms with E-state index in [1.807, 2.05) is 0 Å². The van der Waals surface area contributed by atoms with Crippen molar-refractivity contribution < 1.29 is 14.6 Å². The van der Waals surface area contributed by atoms with Crippen LogP contribution in [-0.2, 0) is 15.9 Å². The number of aryl methyl sites for hydroxylation is 1. The molecule has 3 rings (SSSR count). The lowest BCUT2D eigenvalue weighted by Gasteiger charge is -2.43. The number of benzene rings is 1. The second-order valence-corrected chi connectivity index (χ2v) is 6.60. The van der Waals surface area contributed by atoms with Gasteiger partial charge in [0, 0.05) is 19.4 Å². The summed E-state index contributed by atoms with van der Waals surface area (Å²) >= 11 is 0. The van der Waals surface area contributed by atoms with Crippen molar-refractivity contribution in [3.05, 3.63) is 35.9 Å². The van der Waals surface area contributed by atoms with Gasteiger partial charge in [0.25, 0.3) is 0 Å². The molecular formula is C18H26O3. The first-order chi connectivity index (χ1) is 10.3. The van der Waals surface area contributed by atoms with Gasteiger partial charge in [0.1, 0.15) is 0 Å². The van der Waals surface area contributed by atoms with E-state index in [1.165, 1.54) is 5.56 Å². The normalized spacial score (nSPS) is 23.5. The van der Waals surface area contributed by atoms with Crippen LogP contribution < -0.4 is 0 Å². The predicted molar refractivity (Wildman–Crippen MR) is 82.0 cm³/mol. The van der Waals surface area contributed by atoms with Crippen molar-refractivity contribution in [1.29, 1.82) is 0 Å². The van der Waals surface area contributed by atoms with E-state index in [9.17, 15) is 5.11 Å². The van der Waals surface area contributed by atoms with E-state index in [4.69, 9.17) is 9.47 Å². The highest BCUT2D eigenvalue weighted by atomic mass is 16.7. The summed E-state index contributed by atoms with van der Waals surface area (Å²) in [6.07, 6.45) is 7.21. The Hall–Kier alpha value is -0.900. The molecule has 116 valence electrons. The highest BCUT2D eigenvalue weighted by Gasteiger charge is 2.45. The zero-order chi connectivity index (χ0) is 14.6. The zero-order valence-corrected chi connectivity index (χ0v) is 12.7. The number of rotatable bonds is 5. The molecule has 0 amide bonds. The molecule has 1 spiro atoms. The molecule has 0 radical (unpaired) electrons. The summed E-state index contributed by atoms with van der Waals surface area (Å²) in [7, 11) is 0. The first kappa shape index (κ1) is 15.0. The summed E-state index contributed by atoms with van der Waals surface area (Å²) in [5.74, 6) is -0.321. The average molecular weight is 290 g/mol. The standard InChI is InChI=1S/C18H26O3/c19-15-17(8-4-7-16-5-2-1-3-6-16)9-11-18(12-10-17)20-13-14-21-18/h1-3,5-6,19H,4,7-15H2. The van der Waals surface area contributed by atoms with Crippen molar-refractivity contribution >= 4 is 0 Å². The Labute approximate surface area is 127 Å². The van der Waals surface area contributed by atoms with Gasteiger partial charge in [0.2, 0.25) is 0 Å². The Morgan fingerprint density at radius 3 is 2.24 bits per heavy atom. The molecule has 2 fully saturated rings. The summed E-state index contributed by atoms with van der Waals surface area (Å²) in [6, 6.07) is 10.6. The zero-order valence-electron chi connectivity index (χ0n) is 12.7. The maximum Gasteiger partial charge on any atom is 0.168 e. The molecule has 21 heavy (non-hydrogen) atoms. The van der Waals surface area contributed by atoms with Gasteiger partial charge < -0.3 is 14.6 Å². The van der Waals surface area contributed by atoms with E-state index in [0.29, 0.717) is 0 Å². The molecule has 1 heterocycles. The molecule has 1 N–H and O–H groups in total. The van der Waals surface area contributed by atoms with Gasteiger partial charge in [-0.1, -0.05) is 30.3 Å². The third-order valence-corrected chi connectivity index (χ3v) is 5.24. The molecule has 3 nitrogen and oxygen atoms in total. The lowest BCUT2D eigenvalue weighted by Crippen LogP contribution is -2.41. The minimum Gasteiger partial charge on any atom is -0.396 e. The number of ether oxygens (including phenoxy) is 2. The van der Waals surface area contributed by atoms with Gasteiger partial charge in [0.15, 0.2) is 5.79 Å². The highest BCUT2D eigenvalue weighted by molar-refractivity contribution is 5.14. The first-order valence-electron chi connectivity index (χ1n) is 8.19. The fourth-order valence-electron chi connectivity index (χ4n) is 3.75. The molecule has 1 aliphatic heterocycles. The summed E-state index contributed by atoms with van der Waals surface area (Å²) in [6.45, 7) is 1.73. The van der Waals surface area contributed by atoms with Gasteiger partial charge in [-0.25, -0.2) is 0 Å². The van der Waals surface area contributed by atoms with Crippen molar-refractivity contribution in [2.24, 2.45) is 5.41 Å². The highest BCUT2D eigenvalue weighted by Crippen LogP contribution is 2.46. The Kier molecular flexibility index (Phi) is 4.63. The van der Waals surface area contributed by atoms with Crippen LogP contribution in [-0.4, -0.2) is 30.7 Å². The van der Waals surface area contributed by atoms with Crippen LogP contribution in [0.3, 0.4) is 0 Å².